The maximum Gasteiger partial charge on any atom is 0.150 e. The second-order valence-electron chi connectivity index (χ2n) is 6.08. The largest absolute Gasteiger partial charge is 0.382 e. The Hall–Kier alpha value is -1.04. The Kier molecular flexibility index (Phi) is 4.73. The van der Waals surface area contributed by atoms with Crippen LogP contribution in [0.15, 0.2) is 6.20 Å². The van der Waals surface area contributed by atoms with Gasteiger partial charge in [0.05, 0.1) is 29.1 Å². The first-order valence-corrected chi connectivity index (χ1v) is 9.22. The summed E-state index contributed by atoms with van der Waals surface area (Å²) in [7, 11) is -2.79. The number of hydrogen-bond donors (Lipinski definition) is 1. The number of aromatic nitrogens is 2. The van der Waals surface area contributed by atoms with E-state index < -0.39 is 9.84 Å². The van der Waals surface area contributed by atoms with Gasteiger partial charge in [-0.05, 0) is 24.7 Å². The molecule has 0 saturated carbocycles. The molecule has 6 heteroatoms. The van der Waals surface area contributed by atoms with Gasteiger partial charge in [-0.3, -0.25) is 4.68 Å². The van der Waals surface area contributed by atoms with E-state index in [2.05, 4.69) is 35.9 Å². The van der Waals surface area contributed by atoms with E-state index in [1.807, 2.05) is 6.20 Å². The number of hydrogen-bond acceptors (Lipinski definition) is 4. The van der Waals surface area contributed by atoms with Crippen LogP contribution >= 0.6 is 0 Å². The van der Waals surface area contributed by atoms with Gasteiger partial charge >= 0.3 is 0 Å². The van der Waals surface area contributed by atoms with Crippen molar-refractivity contribution in [3.63, 3.8) is 0 Å². The SMILES string of the molecule is CCc1c(NCC2CCS(=O)(=O)C2)cnn1CC(C)C. The molecule has 1 unspecified atom stereocenters. The third kappa shape index (κ3) is 3.75. The molecule has 2 rings (SSSR count). The maximum atomic E-state index is 11.5. The Morgan fingerprint density at radius 3 is 2.80 bits per heavy atom. The van der Waals surface area contributed by atoms with E-state index in [0.717, 1.165) is 31.6 Å². The molecular weight excluding hydrogens is 274 g/mol. The van der Waals surface area contributed by atoms with Crippen LogP contribution in [0.25, 0.3) is 0 Å². The van der Waals surface area contributed by atoms with Crippen molar-refractivity contribution in [2.45, 2.75) is 40.2 Å². The number of anilines is 1. The van der Waals surface area contributed by atoms with E-state index in [1.165, 1.54) is 5.69 Å². The van der Waals surface area contributed by atoms with Crippen LogP contribution < -0.4 is 5.32 Å². The molecule has 1 atom stereocenters. The van der Waals surface area contributed by atoms with Crippen LogP contribution in [0.4, 0.5) is 5.69 Å². The first-order chi connectivity index (χ1) is 9.41. The van der Waals surface area contributed by atoms with Gasteiger partial charge in [0.2, 0.25) is 0 Å². The molecule has 1 aliphatic heterocycles. The van der Waals surface area contributed by atoms with Crippen LogP contribution in [0, 0.1) is 11.8 Å². The van der Waals surface area contributed by atoms with Crippen LogP contribution in [0.3, 0.4) is 0 Å². The number of nitrogens with one attached hydrogen (secondary N) is 1. The minimum atomic E-state index is -2.79. The number of rotatable bonds is 6. The van der Waals surface area contributed by atoms with Gasteiger partial charge in [-0.2, -0.15) is 5.10 Å². The van der Waals surface area contributed by atoms with E-state index in [9.17, 15) is 8.42 Å². The van der Waals surface area contributed by atoms with Crippen molar-refractivity contribution in [3.8, 4) is 0 Å². The number of nitrogens with zero attached hydrogens (tertiary/aromatic N) is 2. The topological polar surface area (TPSA) is 64.0 Å². The molecule has 114 valence electrons. The predicted octanol–water partition coefficient (Wildman–Crippen LogP) is 1.95. The van der Waals surface area contributed by atoms with Crippen LogP contribution in [-0.4, -0.2) is 36.2 Å². The van der Waals surface area contributed by atoms with Crippen molar-refractivity contribution in [1.82, 2.24) is 9.78 Å². The fourth-order valence-corrected chi connectivity index (χ4v) is 4.58. The second-order valence-corrected chi connectivity index (χ2v) is 8.31. The third-order valence-electron chi connectivity index (χ3n) is 3.73. The van der Waals surface area contributed by atoms with Crippen molar-refractivity contribution in [3.05, 3.63) is 11.9 Å². The molecule has 1 saturated heterocycles. The highest BCUT2D eigenvalue weighted by molar-refractivity contribution is 7.91. The van der Waals surface area contributed by atoms with Gasteiger partial charge in [-0.15, -0.1) is 0 Å². The highest BCUT2D eigenvalue weighted by Gasteiger charge is 2.27. The standard InChI is InChI=1S/C14H25N3O2S/c1-4-14-13(8-16-17(14)9-11(2)3)15-7-12-5-6-20(18,19)10-12/h8,11-12,15H,4-7,9-10H2,1-3H3. The Morgan fingerprint density at radius 1 is 1.50 bits per heavy atom. The molecule has 0 spiro atoms. The van der Waals surface area contributed by atoms with Crippen molar-refractivity contribution in [2.75, 3.05) is 23.4 Å². The van der Waals surface area contributed by atoms with Crippen molar-refractivity contribution >= 4 is 15.5 Å². The van der Waals surface area contributed by atoms with Gasteiger partial charge in [-0.1, -0.05) is 20.8 Å². The lowest BCUT2D eigenvalue weighted by Crippen LogP contribution is -2.16. The van der Waals surface area contributed by atoms with Crippen LogP contribution in [-0.2, 0) is 22.8 Å². The summed E-state index contributed by atoms with van der Waals surface area (Å²) in [6.45, 7) is 8.12. The summed E-state index contributed by atoms with van der Waals surface area (Å²) in [4.78, 5) is 0. The molecule has 0 bridgehead atoms. The summed E-state index contributed by atoms with van der Waals surface area (Å²) in [6.07, 6.45) is 3.57. The van der Waals surface area contributed by atoms with E-state index in [0.29, 0.717) is 17.4 Å². The summed E-state index contributed by atoms with van der Waals surface area (Å²) in [5.41, 5.74) is 2.26. The average molecular weight is 299 g/mol. The highest BCUT2D eigenvalue weighted by Crippen LogP contribution is 2.21. The van der Waals surface area contributed by atoms with Gasteiger partial charge in [0, 0.05) is 13.1 Å². The molecule has 0 amide bonds. The number of sulfone groups is 1. The molecule has 1 aliphatic rings. The van der Waals surface area contributed by atoms with E-state index >= 15 is 0 Å². The molecule has 0 aliphatic carbocycles. The first-order valence-electron chi connectivity index (χ1n) is 7.40. The first kappa shape index (κ1) is 15.4. The lowest BCUT2D eigenvalue weighted by Gasteiger charge is -2.13. The lowest BCUT2D eigenvalue weighted by molar-refractivity contribution is 0.470. The summed E-state index contributed by atoms with van der Waals surface area (Å²) >= 11 is 0. The molecule has 1 aromatic heterocycles. The molecule has 20 heavy (non-hydrogen) atoms. The minimum absolute atomic E-state index is 0.234. The minimum Gasteiger partial charge on any atom is -0.382 e. The second kappa shape index (κ2) is 6.16. The van der Waals surface area contributed by atoms with Crippen molar-refractivity contribution in [1.29, 1.82) is 0 Å². The van der Waals surface area contributed by atoms with Crippen LogP contribution in [0.2, 0.25) is 0 Å². The van der Waals surface area contributed by atoms with Crippen LogP contribution in [0.1, 0.15) is 32.9 Å². The molecular formula is C14H25N3O2S. The van der Waals surface area contributed by atoms with Crippen molar-refractivity contribution < 1.29 is 8.42 Å². The Labute approximate surface area is 121 Å². The summed E-state index contributed by atoms with van der Waals surface area (Å²) in [6, 6.07) is 0. The summed E-state index contributed by atoms with van der Waals surface area (Å²) in [5, 5.41) is 7.83. The van der Waals surface area contributed by atoms with E-state index in [-0.39, 0.29) is 5.92 Å². The smallest absolute Gasteiger partial charge is 0.150 e. The zero-order valence-corrected chi connectivity index (χ0v) is 13.4. The fraction of sp³-hybridized carbons (Fsp3) is 0.786. The van der Waals surface area contributed by atoms with Gasteiger partial charge < -0.3 is 5.32 Å². The fourth-order valence-electron chi connectivity index (χ4n) is 2.72. The molecule has 1 fully saturated rings. The average Bonchev–Trinajstić information content (AvgIpc) is 2.89. The molecule has 0 radical (unpaired) electrons. The molecule has 1 aromatic rings. The van der Waals surface area contributed by atoms with Gasteiger partial charge in [0.15, 0.2) is 9.84 Å². The molecule has 5 nitrogen and oxygen atoms in total. The Bertz CT molecular complexity index is 549. The normalized spacial score (nSPS) is 21.5. The van der Waals surface area contributed by atoms with E-state index in [1.54, 1.807) is 0 Å². The van der Waals surface area contributed by atoms with Gasteiger partial charge in [0.1, 0.15) is 0 Å². The molecule has 0 aromatic carbocycles. The molecule has 2 heterocycles. The lowest BCUT2D eigenvalue weighted by atomic mass is 10.1. The maximum absolute atomic E-state index is 11.5. The quantitative estimate of drug-likeness (QED) is 0.872. The van der Waals surface area contributed by atoms with Crippen molar-refractivity contribution in [2.24, 2.45) is 11.8 Å². The zero-order valence-electron chi connectivity index (χ0n) is 12.6. The molecule has 1 N–H and O–H groups in total. The predicted molar refractivity (Wildman–Crippen MR) is 81.7 cm³/mol. The van der Waals surface area contributed by atoms with Crippen LogP contribution in [0.5, 0.6) is 0 Å². The zero-order chi connectivity index (χ0) is 14.8. The Balaban J connectivity index is 1.98. The highest BCUT2D eigenvalue weighted by atomic mass is 32.2. The van der Waals surface area contributed by atoms with Gasteiger partial charge in [-0.25, -0.2) is 8.42 Å². The summed E-state index contributed by atoms with van der Waals surface area (Å²) < 4.78 is 25.0. The summed E-state index contributed by atoms with van der Waals surface area (Å²) in [5.74, 6) is 1.46. The van der Waals surface area contributed by atoms with E-state index in [4.69, 9.17) is 0 Å². The monoisotopic (exact) mass is 299 g/mol. The third-order valence-corrected chi connectivity index (χ3v) is 5.57. The van der Waals surface area contributed by atoms with Gasteiger partial charge in [0.25, 0.3) is 0 Å². The Morgan fingerprint density at radius 2 is 2.25 bits per heavy atom.